The van der Waals surface area contributed by atoms with Crippen LogP contribution >= 0.6 is 0 Å². The van der Waals surface area contributed by atoms with Crippen molar-refractivity contribution < 1.29 is 13.5 Å². The Morgan fingerprint density at radius 3 is 2.68 bits per heavy atom. The zero-order chi connectivity index (χ0) is 13.9. The third kappa shape index (κ3) is 4.17. The van der Waals surface area contributed by atoms with Gasteiger partial charge in [-0.1, -0.05) is 6.42 Å². The van der Waals surface area contributed by atoms with E-state index in [9.17, 15) is 8.42 Å². The van der Waals surface area contributed by atoms with Crippen molar-refractivity contribution in [3.63, 3.8) is 0 Å². The maximum Gasteiger partial charge on any atom is 0.150 e. The third-order valence-corrected chi connectivity index (χ3v) is 6.45. The van der Waals surface area contributed by atoms with Crippen LogP contribution in [0.25, 0.3) is 0 Å². The highest BCUT2D eigenvalue weighted by Gasteiger charge is 2.33. The molecule has 0 aromatic carbocycles. The van der Waals surface area contributed by atoms with Gasteiger partial charge in [0.25, 0.3) is 0 Å². The molecule has 0 aromatic heterocycles. The molecule has 1 aliphatic heterocycles. The van der Waals surface area contributed by atoms with E-state index in [1.165, 1.54) is 19.1 Å². The predicted molar refractivity (Wildman–Crippen MR) is 76.9 cm³/mol. The number of rotatable bonds is 4. The first kappa shape index (κ1) is 15.3. The van der Waals surface area contributed by atoms with Gasteiger partial charge in [-0.2, -0.15) is 0 Å². The standard InChI is InChI=1S/C14H27NO3S/c1-19(17,18)14-6-2-5-13(10-14)15-8-3-4-12(11-15)7-9-16/h12-14,16H,2-11H2,1H3. The van der Waals surface area contributed by atoms with E-state index in [0.717, 1.165) is 45.2 Å². The van der Waals surface area contributed by atoms with E-state index in [2.05, 4.69) is 4.90 Å². The second-order valence-electron chi connectivity index (χ2n) is 6.29. The number of nitrogens with zero attached hydrogens (tertiary/aromatic N) is 1. The highest BCUT2D eigenvalue weighted by molar-refractivity contribution is 7.91. The number of piperidine rings is 1. The van der Waals surface area contributed by atoms with Crippen LogP contribution in [0.1, 0.15) is 44.9 Å². The molecule has 0 aromatic rings. The molecule has 4 nitrogen and oxygen atoms in total. The number of hydrogen-bond acceptors (Lipinski definition) is 4. The summed E-state index contributed by atoms with van der Waals surface area (Å²) in [5, 5.41) is 8.93. The van der Waals surface area contributed by atoms with Gasteiger partial charge in [-0.15, -0.1) is 0 Å². The summed E-state index contributed by atoms with van der Waals surface area (Å²) in [6, 6.07) is 0.440. The lowest BCUT2D eigenvalue weighted by atomic mass is 9.89. The summed E-state index contributed by atoms with van der Waals surface area (Å²) in [5.74, 6) is 0.595. The van der Waals surface area contributed by atoms with Crippen molar-refractivity contribution in [1.82, 2.24) is 4.90 Å². The lowest BCUT2D eigenvalue weighted by molar-refractivity contribution is 0.0883. The van der Waals surface area contributed by atoms with Crippen molar-refractivity contribution in [2.75, 3.05) is 26.0 Å². The average molecular weight is 289 g/mol. The van der Waals surface area contributed by atoms with E-state index in [-0.39, 0.29) is 11.9 Å². The number of aliphatic hydroxyl groups excluding tert-OH is 1. The molecule has 2 fully saturated rings. The Labute approximate surface area is 117 Å². The highest BCUT2D eigenvalue weighted by Crippen LogP contribution is 2.30. The van der Waals surface area contributed by atoms with Crippen LogP contribution in [0.2, 0.25) is 0 Å². The molecule has 0 bridgehead atoms. The number of likely N-dealkylation sites (tertiary alicyclic amines) is 1. The minimum Gasteiger partial charge on any atom is -0.396 e. The molecule has 1 heterocycles. The molecular weight excluding hydrogens is 262 g/mol. The van der Waals surface area contributed by atoms with E-state index < -0.39 is 9.84 Å². The van der Waals surface area contributed by atoms with Crippen LogP contribution in [0.3, 0.4) is 0 Å². The largest absolute Gasteiger partial charge is 0.396 e. The fourth-order valence-electron chi connectivity index (χ4n) is 3.69. The van der Waals surface area contributed by atoms with Gasteiger partial charge in [0.05, 0.1) is 5.25 Å². The van der Waals surface area contributed by atoms with Crippen LogP contribution < -0.4 is 0 Å². The van der Waals surface area contributed by atoms with E-state index in [4.69, 9.17) is 5.11 Å². The number of hydrogen-bond donors (Lipinski definition) is 1. The lowest BCUT2D eigenvalue weighted by Crippen LogP contribution is -2.46. The van der Waals surface area contributed by atoms with Crippen LogP contribution in [0.5, 0.6) is 0 Å². The van der Waals surface area contributed by atoms with Gasteiger partial charge >= 0.3 is 0 Å². The summed E-state index contributed by atoms with van der Waals surface area (Å²) in [7, 11) is -2.89. The van der Waals surface area contributed by atoms with E-state index in [1.807, 2.05) is 0 Å². The molecule has 1 saturated heterocycles. The summed E-state index contributed by atoms with van der Waals surface area (Å²) >= 11 is 0. The van der Waals surface area contributed by atoms with Crippen molar-refractivity contribution in [2.24, 2.45) is 5.92 Å². The van der Waals surface area contributed by atoms with Crippen molar-refractivity contribution in [2.45, 2.75) is 56.2 Å². The molecule has 1 N–H and O–H groups in total. The van der Waals surface area contributed by atoms with E-state index in [1.54, 1.807) is 0 Å². The van der Waals surface area contributed by atoms with Crippen molar-refractivity contribution in [1.29, 1.82) is 0 Å². The second kappa shape index (κ2) is 6.55. The van der Waals surface area contributed by atoms with Crippen LogP contribution in [-0.2, 0) is 9.84 Å². The Morgan fingerprint density at radius 1 is 1.21 bits per heavy atom. The van der Waals surface area contributed by atoms with Gasteiger partial charge in [-0.3, -0.25) is 0 Å². The maximum atomic E-state index is 11.7. The highest BCUT2D eigenvalue weighted by atomic mass is 32.2. The van der Waals surface area contributed by atoms with Crippen LogP contribution in [0.4, 0.5) is 0 Å². The average Bonchev–Trinajstić information content (AvgIpc) is 2.39. The fourth-order valence-corrected chi connectivity index (χ4v) is 4.85. The Bertz CT molecular complexity index is 380. The maximum absolute atomic E-state index is 11.7. The van der Waals surface area contributed by atoms with Crippen molar-refractivity contribution in [3.8, 4) is 0 Å². The molecule has 2 rings (SSSR count). The number of sulfone groups is 1. The molecule has 19 heavy (non-hydrogen) atoms. The van der Waals surface area contributed by atoms with Gasteiger partial charge < -0.3 is 10.0 Å². The van der Waals surface area contributed by atoms with E-state index in [0.29, 0.717) is 12.0 Å². The molecule has 0 spiro atoms. The van der Waals surface area contributed by atoms with Gasteiger partial charge in [0.2, 0.25) is 0 Å². The summed E-state index contributed by atoms with van der Waals surface area (Å²) in [5.41, 5.74) is 0. The second-order valence-corrected chi connectivity index (χ2v) is 8.61. The summed E-state index contributed by atoms with van der Waals surface area (Å²) < 4.78 is 23.5. The topological polar surface area (TPSA) is 57.6 Å². The zero-order valence-corrected chi connectivity index (χ0v) is 12.7. The quantitative estimate of drug-likeness (QED) is 0.851. The normalized spacial score (nSPS) is 34.3. The molecule has 5 heteroatoms. The smallest absolute Gasteiger partial charge is 0.150 e. The monoisotopic (exact) mass is 289 g/mol. The van der Waals surface area contributed by atoms with Crippen LogP contribution in [-0.4, -0.2) is 55.7 Å². The first-order chi connectivity index (χ1) is 9.00. The van der Waals surface area contributed by atoms with Gasteiger partial charge in [0.15, 0.2) is 0 Å². The third-order valence-electron chi connectivity index (χ3n) is 4.81. The Morgan fingerprint density at radius 2 is 2.00 bits per heavy atom. The van der Waals surface area contributed by atoms with Gasteiger partial charge in [-0.25, -0.2) is 8.42 Å². The van der Waals surface area contributed by atoms with E-state index >= 15 is 0 Å². The molecule has 3 atom stereocenters. The van der Waals surface area contributed by atoms with Gasteiger partial charge in [0.1, 0.15) is 9.84 Å². The first-order valence-electron chi connectivity index (χ1n) is 7.54. The van der Waals surface area contributed by atoms with Crippen LogP contribution in [0, 0.1) is 5.92 Å². The zero-order valence-electron chi connectivity index (χ0n) is 11.9. The molecule has 3 unspecified atom stereocenters. The number of aliphatic hydroxyl groups is 1. The van der Waals surface area contributed by atoms with Crippen LogP contribution in [0.15, 0.2) is 0 Å². The Kier molecular flexibility index (Phi) is 5.26. The minimum atomic E-state index is -2.89. The minimum absolute atomic E-state index is 0.135. The predicted octanol–water partition coefficient (Wildman–Crippen LogP) is 1.44. The van der Waals surface area contributed by atoms with Gasteiger partial charge in [-0.05, 0) is 51.0 Å². The molecule has 1 aliphatic carbocycles. The summed E-state index contributed by atoms with van der Waals surface area (Å²) in [4.78, 5) is 2.49. The Hall–Kier alpha value is -0.130. The molecule has 2 aliphatic rings. The molecule has 1 saturated carbocycles. The lowest BCUT2D eigenvalue weighted by Gasteiger charge is -2.41. The molecule has 112 valence electrons. The fraction of sp³-hybridized carbons (Fsp3) is 1.00. The summed E-state index contributed by atoms with van der Waals surface area (Å²) in [6.45, 7) is 2.42. The Balaban J connectivity index is 1.93. The summed E-state index contributed by atoms with van der Waals surface area (Å²) in [6.07, 6.45) is 8.48. The molecule has 0 radical (unpaired) electrons. The molecular formula is C14H27NO3S. The SMILES string of the molecule is CS(=O)(=O)C1CCCC(N2CCCC(CCO)C2)C1. The first-order valence-corrected chi connectivity index (χ1v) is 9.50. The van der Waals surface area contributed by atoms with Gasteiger partial charge in [0, 0.05) is 25.4 Å². The van der Waals surface area contributed by atoms with Crippen molar-refractivity contribution >= 4 is 9.84 Å². The van der Waals surface area contributed by atoms with Crippen molar-refractivity contribution in [3.05, 3.63) is 0 Å². The molecule has 0 amide bonds.